The summed E-state index contributed by atoms with van der Waals surface area (Å²) < 4.78 is 6.07. The van der Waals surface area contributed by atoms with Gasteiger partial charge in [-0.3, -0.25) is 14.4 Å². The van der Waals surface area contributed by atoms with Crippen molar-refractivity contribution in [3.63, 3.8) is 0 Å². The van der Waals surface area contributed by atoms with Crippen molar-refractivity contribution in [3.05, 3.63) is 12.2 Å². The summed E-state index contributed by atoms with van der Waals surface area (Å²) in [6.45, 7) is 3.52. The Morgan fingerprint density at radius 3 is 1.23 bits per heavy atom. The van der Waals surface area contributed by atoms with E-state index in [2.05, 4.69) is 36.6 Å². The monoisotopic (exact) mass is 863 g/mol. The predicted molar refractivity (Wildman–Crippen MR) is 255 cm³/mol. The fourth-order valence-electron chi connectivity index (χ4n) is 8.01. The van der Waals surface area contributed by atoms with Gasteiger partial charge in [-0.1, -0.05) is 206 Å². The maximum atomic E-state index is 12.9. The second-order valence-electron chi connectivity index (χ2n) is 18.0. The lowest BCUT2D eigenvalue weighted by Gasteiger charge is -2.18. The number of carbonyl (C=O) groups excluding carboxylic acids is 3. The molecule has 358 valence electrons. The highest BCUT2D eigenvalue weighted by Crippen LogP contribution is 2.19. The fourth-order valence-corrected chi connectivity index (χ4v) is 8.01. The third kappa shape index (κ3) is 44.0. The maximum absolute atomic E-state index is 12.9. The summed E-state index contributed by atoms with van der Waals surface area (Å²) in [7, 11) is 0. The average Bonchev–Trinajstić information content (AvgIpc) is 3.25. The van der Waals surface area contributed by atoms with E-state index in [1.54, 1.807) is 0 Å². The van der Waals surface area contributed by atoms with Crippen molar-refractivity contribution in [2.24, 2.45) is 0 Å². The van der Waals surface area contributed by atoms with Crippen LogP contribution in [0.2, 0.25) is 0 Å². The minimum atomic E-state index is -1.38. The van der Waals surface area contributed by atoms with Gasteiger partial charge in [0.1, 0.15) is 12.1 Å². The lowest BCUT2D eigenvalue weighted by molar-refractivity contribution is -0.150. The SMILES string of the molecule is CCCCCCCCCC/C=C\CCCCCCCCCCCC(=O)OC(CCCCCCCCCCCCCC)CCCCCCCC(=O)NCC(=O)NC(CO)C(=O)O. The van der Waals surface area contributed by atoms with Gasteiger partial charge >= 0.3 is 11.9 Å². The van der Waals surface area contributed by atoms with Crippen molar-refractivity contribution in [3.8, 4) is 0 Å². The molecule has 0 aliphatic heterocycles. The van der Waals surface area contributed by atoms with Crippen LogP contribution in [0.3, 0.4) is 0 Å². The van der Waals surface area contributed by atoms with E-state index in [0.29, 0.717) is 19.3 Å². The van der Waals surface area contributed by atoms with Crippen LogP contribution in [0.5, 0.6) is 0 Å². The number of aliphatic carboxylic acids is 1. The molecule has 0 saturated carbocycles. The first-order valence-electron chi connectivity index (χ1n) is 26.1. The molecule has 9 heteroatoms. The number of carboxylic acid groups (broad SMARTS) is 1. The molecule has 2 unspecified atom stereocenters. The van der Waals surface area contributed by atoms with Crippen LogP contribution in [0.15, 0.2) is 12.2 Å². The topological polar surface area (TPSA) is 142 Å². The van der Waals surface area contributed by atoms with E-state index in [0.717, 1.165) is 57.8 Å². The van der Waals surface area contributed by atoms with Crippen LogP contribution < -0.4 is 10.6 Å². The van der Waals surface area contributed by atoms with Crippen molar-refractivity contribution in [2.45, 2.75) is 283 Å². The molecule has 0 aliphatic carbocycles. The van der Waals surface area contributed by atoms with Gasteiger partial charge in [-0.2, -0.15) is 0 Å². The molecular formula is C52H98N2O7. The van der Waals surface area contributed by atoms with Gasteiger partial charge in [0.25, 0.3) is 0 Å². The second-order valence-corrected chi connectivity index (χ2v) is 18.0. The molecule has 2 atom stereocenters. The first-order valence-corrected chi connectivity index (χ1v) is 26.1. The van der Waals surface area contributed by atoms with Crippen LogP contribution in [-0.2, 0) is 23.9 Å². The zero-order chi connectivity index (χ0) is 44.7. The summed E-state index contributed by atoms with van der Waals surface area (Å²) in [4.78, 5) is 47.8. The largest absolute Gasteiger partial charge is 0.480 e. The molecule has 0 heterocycles. The third-order valence-electron chi connectivity index (χ3n) is 12.0. The van der Waals surface area contributed by atoms with E-state index in [-0.39, 0.29) is 24.5 Å². The highest BCUT2D eigenvalue weighted by Gasteiger charge is 2.19. The number of amides is 2. The molecule has 0 radical (unpaired) electrons. The highest BCUT2D eigenvalue weighted by atomic mass is 16.5. The zero-order valence-electron chi connectivity index (χ0n) is 39.9. The number of unbranched alkanes of at least 4 members (excludes halogenated alkanes) is 32. The number of rotatable bonds is 48. The van der Waals surface area contributed by atoms with Crippen LogP contribution in [0.4, 0.5) is 0 Å². The molecule has 2 amide bonds. The van der Waals surface area contributed by atoms with E-state index in [4.69, 9.17) is 14.9 Å². The number of carboxylic acids is 1. The fraction of sp³-hybridized carbons (Fsp3) is 0.885. The molecule has 4 N–H and O–H groups in total. The summed E-state index contributed by atoms with van der Waals surface area (Å²) in [6.07, 6.45) is 52.5. The Balaban J connectivity index is 4.19. The van der Waals surface area contributed by atoms with Crippen molar-refractivity contribution in [2.75, 3.05) is 13.2 Å². The Hall–Kier alpha value is -2.42. The number of allylic oxidation sites excluding steroid dienone is 2. The minimum absolute atomic E-state index is 0.00972. The van der Waals surface area contributed by atoms with Gasteiger partial charge in [0.05, 0.1) is 13.2 Å². The number of esters is 1. The Kier molecular flexibility index (Phi) is 45.2. The smallest absolute Gasteiger partial charge is 0.328 e. The molecule has 0 aromatic rings. The van der Waals surface area contributed by atoms with Crippen molar-refractivity contribution < 1.29 is 34.1 Å². The van der Waals surface area contributed by atoms with Gasteiger partial charge in [0.2, 0.25) is 11.8 Å². The van der Waals surface area contributed by atoms with E-state index in [1.807, 2.05) is 0 Å². The highest BCUT2D eigenvalue weighted by molar-refractivity contribution is 5.87. The van der Waals surface area contributed by atoms with Gasteiger partial charge in [-0.15, -0.1) is 0 Å². The number of hydrogen-bond acceptors (Lipinski definition) is 6. The van der Waals surface area contributed by atoms with Crippen LogP contribution >= 0.6 is 0 Å². The average molecular weight is 863 g/mol. The first-order chi connectivity index (χ1) is 29.8. The molecule has 9 nitrogen and oxygen atoms in total. The molecule has 0 spiro atoms. The molecule has 0 saturated heterocycles. The van der Waals surface area contributed by atoms with Gasteiger partial charge in [0.15, 0.2) is 0 Å². The first kappa shape index (κ1) is 58.6. The quantitative estimate of drug-likeness (QED) is 0.0271. The maximum Gasteiger partial charge on any atom is 0.328 e. The number of aliphatic hydroxyl groups is 1. The third-order valence-corrected chi connectivity index (χ3v) is 12.0. The van der Waals surface area contributed by atoms with Crippen molar-refractivity contribution in [1.82, 2.24) is 10.6 Å². The summed E-state index contributed by atoms with van der Waals surface area (Å²) in [6, 6.07) is -1.38. The number of carbonyl (C=O) groups is 4. The molecule has 0 rings (SSSR count). The molecule has 0 aromatic heterocycles. The van der Waals surface area contributed by atoms with Gasteiger partial charge < -0.3 is 25.6 Å². The summed E-state index contributed by atoms with van der Waals surface area (Å²) >= 11 is 0. The zero-order valence-corrected chi connectivity index (χ0v) is 39.9. The molecule has 61 heavy (non-hydrogen) atoms. The van der Waals surface area contributed by atoms with Gasteiger partial charge in [-0.05, 0) is 64.2 Å². The van der Waals surface area contributed by atoms with Crippen LogP contribution in [-0.4, -0.2) is 59.3 Å². The molecular weight excluding hydrogens is 765 g/mol. The summed E-state index contributed by atoms with van der Waals surface area (Å²) in [5, 5.41) is 22.6. The Labute approximate surface area is 375 Å². The predicted octanol–water partition coefficient (Wildman–Crippen LogP) is 13.8. The van der Waals surface area contributed by atoms with Crippen LogP contribution in [0.25, 0.3) is 0 Å². The van der Waals surface area contributed by atoms with Crippen molar-refractivity contribution >= 4 is 23.8 Å². The van der Waals surface area contributed by atoms with Gasteiger partial charge in [-0.25, -0.2) is 4.79 Å². The molecule has 0 aliphatic rings. The van der Waals surface area contributed by atoms with E-state index in [9.17, 15) is 19.2 Å². The molecule has 0 bridgehead atoms. The normalized spacial score (nSPS) is 12.4. The number of aliphatic hydroxyl groups excluding tert-OH is 1. The molecule has 0 fully saturated rings. The Morgan fingerprint density at radius 1 is 0.475 bits per heavy atom. The summed E-state index contributed by atoms with van der Waals surface area (Å²) in [5.41, 5.74) is 0. The van der Waals surface area contributed by atoms with E-state index in [1.165, 1.54) is 180 Å². The molecule has 0 aromatic carbocycles. The van der Waals surface area contributed by atoms with Gasteiger partial charge in [0, 0.05) is 12.8 Å². The Morgan fingerprint density at radius 2 is 0.836 bits per heavy atom. The standard InChI is InChI=1S/C52H98N2O7/c1-3-5-7-9-11-13-15-17-18-19-20-21-22-23-24-25-27-29-31-36-40-44-51(58)61-47(41-37-33-30-28-26-16-14-12-10-8-6-4-2)42-38-34-32-35-39-43-49(56)53-45-50(57)54-48(46-55)52(59)60/h19-20,47-48,55H,3-18,21-46H2,1-2H3,(H,53,56)(H,54,57)(H,59,60)/b20-19-. The Bertz CT molecular complexity index is 1040. The minimum Gasteiger partial charge on any atom is -0.480 e. The second kappa shape index (κ2) is 47.1. The van der Waals surface area contributed by atoms with Crippen LogP contribution in [0.1, 0.15) is 271 Å². The van der Waals surface area contributed by atoms with Crippen molar-refractivity contribution in [1.29, 1.82) is 0 Å². The van der Waals surface area contributed by atoms with E-state index >= 15 is 0 Å². The van der Waals surface area contributed by atoms with E-state index < -0.39 is 24.5 Å². The number of nitrogens with one attached hydrogen (secondary N) is 2. The number of hydrogen-bond donors (Lipinski definition) is 4. The number of ether oxygens (including phenoxy) is 1. The van der Waals surface area contributed by atoms with Crippen LogP contribution in [0, 0.1) is 0 Å². The summed E-state index contributed by atoms with van der Waals surface area (Å²) in [5.74, 6) is -2.27. The lowest BCUT2D eigenvalue weighted by atomic mass is 10.0. The lowest BCUT2D eigenvalue weighted by Crippen LogP contribution is -2.47.